The Bertz CT molecular complexity index is 1480. The molecule has 2 aliphatic heterocycles. The van der Waals surface area contributed by atoms with Crippen molar-refractivity contribution in [3.63, 3.8) is 0 Å². The number of nitrogens with zero attached hydrogens (tertiary/aromatic N) is 3. The zero-order chi connectivity index (χ0) is 25.1. The first-order chi connectivity index (χ1) is 17.6. The minimum Gasteiger partial charge on any atom is -0.355 e. The number of aromatic nitrogens is 4. The van der Waals surface area contributed by atoms with Gasteiger partial charge in [0.15, 0.2) is 0 Å². The Morgan fingerprint density at radius 3 is 1.89 bits per heavy atom. The summed E-state index contributed by atoms with van der Waals surface area (Å²) in [5.41, 5.74) is 13.4. The lowest BCUT2D eigenvalue weighted by molar-refractivity contribution is 0.715. The molecular formula is C32H38N4. The molecule has 0 saturated carbocycles. The lowest BCUT2D eigenvalue weighted by Gasteiger charge is -2.11. The summed E-state index contributed by atoms with van der Waals surface area (Å²) in [7, 11) is 0. The maximum Gasteiger partial charge on any atom is 0.0690 e. The SMILES string of the molecule is CCCc1c(CCC)c2c(CCC)c3nc(cc4ccc(cc5nc(cc1n2CCC)C=C5)[nH]4)C=C3. The van der Waals surface area contributed by atoms with E-state index in [-0.39, 0.29) is 0 Å². The first-order valence-electron chi connectivity index (χ1n) is 13.8. The zero-order valence-electron chi connectivity index (χ0n) is 22.2. The second-order valence-corrected chi connectivity index (χ2v) is 9.92. The van der Waals surface area contributed by atoms with E-state index in [2.05, 4.69) is 91.9 Å². The number of rotatable bonds is 8. The van der Waals surface area contributed by atoms with Gasteiger partial charge < -0.3 is 9.55 Å². The highest BCUT2D eigenvalue weighted by Gasteiger charge is 2.20. The minimum absolute atomic E-state index is 0.980. The van der Waals surface area contributed by atoms with E-state index in [1.54, 1.807) is 0 Å². The standard InChI is InChI=1S/C32H38N4/c1-5-9-27-28(10-6-2)32-29(11-7-3)30-17-16-25(35-30)20-24-13-12-22(33-24)19-23-14-15-26(34-23)21-31(27)36(32)18-8-4/h12-17,19-21,33H,5-11,18H2,1-4H3. The largest absolute Gasteiger partial charge is 0.355 e. The van der Waals surface area contributed by atoms with Gasteiger partial charge in [0, 0.05) is 28.7 Å². The Morgan fingerprint density at radius 1 is 0.639 bits per heavy atom. The molecule has 0 aromatic carbocycles. The molecule has 186 valence electrons. The molecule has 36 heavy (non-hydrogen) atoms. The molecule has 4 nitrogen and oxygen atoms in total. The Kier molecular flexibility index (Phi) is 7.22. The van der Waals surface area contributed by atoms with Crippen LogP contribution in [0.5, 0.6) is 0 Å². The lowest BCUT2D eigenvalue weighted by Crippen LogP contribution is -2.02. The van der Waals surface area contributed by atoms with Crippen molar-refractivity contribution >= 4 is 46.4 Å². The second kappa shape index (κ2) is 10.7. The summed E-state index contributed by atoms with van der Waals surface area (Å²) in [6, 6.07) is 10.8. The molecule has 0 saturated heterocycles. The predicted octanol–water partition coefficient (Wildman–Crippen LogP) is 8.40. The van der Waals surface area contributed by atoms with Crippen LogP contribution in [0.4, 0.5) is 0 Å². The van der Waals surface area contributed by atoms with E-state index in [1.807, 2.05) is 0 Å². The van der Waals surface area contributed by atoms with E-state index in [4.69, 9.17) is 9.97 Å². The van der Waals surface area contributed by atoms with Crippen LogP contribution in [-0.2, 0) is 25.8 Å². The molecule has 1 N–H and O–H groups in total. The normalized spacial score (nSPS) is 12.6. The van der Waals surface area contributed by atoms with Crippen LogP contribution in [-0.4, -0.2) is 19.5 Å². The number of hydrogen-bond acceptors (Lipinski definition) is 2. The number of aryl methyl sites for hydroxylation is 4. The molecule has 0 unspecified atom stereocenters. The van der Waals surface area contributed by atoms with Crippen LogP contribution in [0.3, 0.4) is 0 Å². The van der Waals surface area contributed by atoms with Gasteiger partial charge >= 0.3 is 0 Å². The lowest BCUT2D eigenvalue weighted by atomic mass is 9.98. The summed E-state index contributed by atoms with van der Waals surface area (Å²) in [4.78, 5) is 13.6. The Morgan fingerprint density at radius 2 is 1.22 bits per heavy atom. The van der Waals surface area contributed by atoms with E-state index in [0.717, 1.165) is 85.3 Å². The molecule has 0 spiro atoms. The van der Waals surface area contributed by atoms with Crippen molar-refractivity contribution in [2.75, 3.05) is 0 Å². The third-order valence-electron chi connectivity index (χ3n) is 7.03. The molecule has 5 heterocycles. The fourth-order valence-corrected chi connectivity index (χ4v) is 5.61. The van der Waals surface area contributed by atoms with Gasteiger partial charge in [-0.15, -0.1) is 0 Å². The fourth-order valence-electron chi connectivity index (χ4n) is 5.61. The molecule has 0 atom stereocenters. The average molecular weight is 479 g/mol. The van der Waals surface area contributed by atoms with Crippen molar-refractivity contribution < 1.29 is 0 Å². The summed E-state index contributed by atoms with van der Waals surface area (Å²) in [6.45, 7) is 10.2. The molecule has 3 aromatic rings. The van der Waals surface area contributed by atoms with Crippen molar-refractivity contribution in [2.24, 2.45) is 0 Å². The Balaban J connectivity index is 2.00. The monoisotopic (exact) mass is 478 g/mol. The van der Waals surface area contributed by atoms with Crippen LogP contribution in [0.2, 0.25) is 0 Å². The fraction of sp³-hybridized carbons (Fsp3) is 0.375. The molecule has 0 radical (unpaired) electrons. The molecule has 0 fully saturated rings. The average Bonchev–Trinajstić information content (AvgIpc) is 3.65. The van der Waals surface area contributed by atoms with Crippen molar-refractivity contribution in [1.82, 2.24) is 19.5 Å². The smallest absolute Gasteiger partial charge is 0.0690 e. The zero-order valence-corrected chi connectivity index (χ0v) is 22.2. The summed E-state index contributed by atoms with van der Waals surface area (Å²) >= 11 is 0. The third-order valence-corrected chi connectivity index (χ3v) is 7.03. The van der Waals surface area contributed by atoms with Gasteiger partial charge in [0.2, 0.25) is 0 Å². The quantitative estimate of drug-likeness (QED) is 0.243. The number of H-pyrrole nitrogens is 1. The van der Waals surface area contributed by atoms with Crippen LogP contribution in [0.25, 0.3) is 46.4 Å². The van der Waals surface area contributed by atoms with E-state index < -0.39 is 0 Å². The van der Waals surface area contributed by atoms with Gasteiger partial charge in [0.1, 0.15) is 0 Å². The highest BCUT2D eigenvalue weighted by molar-refractivity contribution is 5.83. The molecule has 4 heteroatoms. The van der Waals surface area contributed by atoms with Crippen LogP contribution < -0.4 is 0 Å². The van der Waals surface area contributed by atoms with Gasteiger partial charge in [-0.05, 0) is 91.4 Å². The summed E-state index contributed by atoms with van der Waals surface area (Å²) in [6.07, 6.45) is 16.3. The van der Waals surface area contributed by atoms with Gasteiger partial charge in [-0.1, -0.05) is 47.0 Å². The van der Waals surface area contributed by atoms with E-state index in [9.17, 15) is 0 Å². The molecule has 3 aromatic heterocycles. The Hall–Kier alpha value is -3.40. The highest BCUT2D eigenvalue weighted by atomic mass is 15.0. The van der Waals surface area contributed by atoms with E-state index >= 15 is 0 Å². The van der Waals surface area contributed by atoms with Gasteiger partial charge in [0.05, 0.1) is 28.3 Å². The van der Waals surface area contributed by atoms with Gasteiger partial charge in [0.25, 0.3) is 0 Å². The molecule has 0 aliphatic carbocycles. The van der Waals surface area contributed by atoms with Crippen LogP contribution in [0.15, 0.2) is 30.3 Å². The molecule has 5 rings (SSSR count). The minimum atomic E-state index is 0.980. The molecule has 8 bridgehead atoms. The van der Waals surface area contributed by atoms with Gasteiger partial charge in [-0.3, -0.25) is 0 Å². The van der Waals surface area contributed by atoms with Crippen LogP contribution in [0, 0.1) is 0 Å². The highest BCUT2D eigenvalue weighted by Crippen LogP contribution is 2.33. The molecule has 2 aliphatic rings. The topological polar surface area (TPSA) is 46.5 Å². The summed E-state index contributed by atoms with van der Waals surface area (Å²) in [5.74, 6) is 0. The van der Waals surface area contributed by atoms with Gasteiger partial charge in [-0.25, -0.2) is 9.97 Å². The van der Waals surface area contributed by atoms with E-state index in [1.165, 1.54) is 27.7 Å². The first-order valence-corrected chi connectivity index (χ1v) is 13.8. The Labute approximate surface area is 214 Å². The maximum atomic E-state index is 5.14. The number of nitrogens with one attached hydrogen (secondary N) is 1. The van der Waals surface area contributed by atoms with Crippen molar-refractivity contribution in [1.29, 1.82) is 0 Å². The van der Waals surface area contributed by atoms with Crippen molar-refractivity contribution in [3.05, 3.63) is 69.8 Å². The molecule has 0 amide bonds. The predicted molar refractivity (Wildman–Crippen MR) is 155 cm³/mol. The van der Waals surface area contributed by atoms with Crippen molar-refractivity contribution in [2.45, 2.75) is 79.2 Å². The second-order valence-electron chi connectivity index (χ2n) is 9.92. The number of fused-ring (bicyclic) bond motifs is 8. The summed E-state index contributed by atoms with van der Waals surface area (Å²) in [5, 5.41) is 0. The van der Waals surface area contributed by atoms with Crippen LogP contribution >= 0.6 is 0 Å². The first kappa shape index (κ1) is 24.3. The van der Waals surface area contributed by atoms with Crippen LogP contribution in [0.1, 0.15) is 92.8 Å². The molecular weight excluding hydrogens is 440 g/mol. The van der Waals surface area contributed by atoms with Gasteiger partial charge in [-0.2, -0.15) is 0 Å². The maximum absolute atomic E-state index is 5.14. The number of aromatic amines is 1. The third kappa shape index (κ3) is 4.69. The number of hydrogen-bond donors (Lipinski definition) is 1. The van der Waals surface area contributed by atoms with E-state index in [0.29, 0.717) is 0 Å². The summed E-state index contributed by atoms with van der Waals surface area (Å²) < 4.78 is 2.60. The van der Waals surface area contributed by atoms with Crippen molar-refractivity contribution in [3.8, 4) is 0 Å².